The van der Waals surface area contributed by atoms with Crippen LogP contribution in [0.15, 0.2) is 18.2 Å². The minimum atomic E-state index is -0.469. The molecule has 1 atom stereocenters. The quantitative estimate of drug-likeness (QED) is 0.783. The van der Waals surface area contributed by atoms with Crippen molar-refractivity contribution in [2.45, 2.75) is 33.8 Å². The summed E-state index contributed by atoms with van der Waals surface area (Å²) in [5, 5.41) is 13.1. The van der Waals surface area contributed by atoms with Gasteiger partial charge in [-0.2, -0.15) is 0 Å². The lowest BCUT2D eigenvalue weighted by Gasteiger charge is -2.16. The van der Waals surface area contributed by atoms with Crippen molar-refractivity contribution in [3.05, 3.63) is 29.3 Å². The third kappa shape index (κ3) is 5.07. The Morgan fingerprint density at radius 3 is 2.61 bits per heavy atom. The number of nitrogens with one attached hydrogen (secondary N) is 1. The summed E-state index contributed by atoms with van der Waals surface area (Å²) in [7, 11) is 0. The van der Waals surface area contributed by atoms with Crippen molar-refractivity contribution in [3.63, 3.8) is 0 Å². The summed E-state index contributed by atoms with van der Waals surface area (Å²) in [6.07, 6.45) is -0.469. The number of rotatable bonds is 7. The average molecular weight is 251 g/mol. The molecule has 2 N–H and O–H groups in total. The Kier molecular flexibility index (Phi) is 6.16. The minimum Gasteiger partial charge on any atom is -0.389 e. The normalized spacial score (nSPS) is 12.8. The third-order valence-corrected chi connectivity index (χ3v) is 2.89. The molecule has 18 heavy (non-hydrogen) atoms. The molecule has 0 heterocycles. The van der Waals surface area contributed by atoms with E-state index < -0.39 is 6.10 Å². The van der Waals surface area contributed by atoms with Gasteiger partial charge in [0.1, 0.15) is 0 Å². The van der Waals surface area contributed by atoms with Gasteiger partial charge >= 0.3 is 0 Å². The van der Waals surface area contributed by atoms with Crippen LogP contribution in [0.1, 0.15) is 25.0 Å². The molecule has 3 heteroatoms. The van der Waals surface area contributed by atoms with Gasteiger partial charge in [-0.05, 0) is 37.0 Å². The molecule has 0 saturated carbocycles. The van der Waals surface area contributed by atoms with E-state index in [1.807, 2.05) is 12.1 Å². The highest BCUT2D eigenvalue weighted by atomic mass is 16.5. The van der Waals surface area contributed by atoms with E-state index in [1.54, 1.807) is 0 Å². The zero-order valence-electron chi connectivity index (χ0n) is 11.9. The van der Waals surface area contributed by atoms with Gasteiger partial charge in [-0.25, -0.2) is 0 Å². The summed E-state index contributed by atoms with van der Waals surface area (Å²) in [5.74, 6) is 0.504. The highest BCUT2D eigenvalue weighted by molar-refractivity contribution is 5.53. The van der Waals surface area contributed by atoms with E-state index in [9.17, 15) is 5.11 Å². The number of benzene rings is 1. The van der Waals surface area contributed by atoms with Crippen LogP contribution < -0.4 is 5.32 Å². The van der Waals surface area contributed by atoms with E-state index in [1.165, 1.54) is 11.1 Å². The van der Waals surface area contributed by atoms with Crippen LogP contribution in [0.3, 0.4) is 0 Å². The number of anilines is 1. The Balaban J connectivity index is 2.33. The topological polar surface area (TPSA) is 41.5 Å². The molecule has 0 aliphatic carbocycles. The zero-order chi connectivity index (χ0) is 13.5. The lowest BCUT2D eigenvalue weighted by Crippen LogP contribution is -2.26. The van der Waals surface area contributed by atoms with Crippen LogP contribution in [-0.2, 0) is 4.74 Å². The van der Waals surface area contributed by atoms with Crippen LogP contribution in [0, 0.1) is 19.8 Å². The fraction of sp³-hybridized carbons (Fsp3) is 0.600. The maximum absolute atomic E-state index is 9.80. The summed E-state index contributed by atoms with van der Waals surface area (Å²) in [4.78, 5) is 0. The van der Waals surface area contributed by atoms with Crippen molar-refractivity contribution in [1.29, 1.82) is 0 Å². The first-order chi connectivity index (χ1) is 8.50. The molecular formula is C15H25NO2. The largest absolute Gasteiger partial charge is 0.389 e. The molecule has 3 nitrogen and oxygen atoms in total. The average Bonchev–Trinajstić information content (AvgIpc) is 2.30. The Bertz CT molecular complexity index is 364. The van der Waals surface area contributed by atoms with Crippen molar-refractivity contribution in [3.8, 4) is 0 Å². The maximum atomic E-state index is 9.80. The molecule has 0 radical (unpaired) electrons. The number of aliphatic hydroxyl groups is 1. The van der Waals surface area contributed by atoms with E-state index in [4.69, 9.17) is 4.74 Å². The number of hydrogen-bond acceptors (Lipinski definition) is 3. The second-order valence-corrected chi connectivity index (χ2v) is 5.21. The lowest BCUT2D eigenvalue weighted by atomic mass is 10.1. The highest BCUT2D eigenvalue weighted by Gasteiger charge is 2.06. The van der Waals surface area contributed by atoms with Crippen molar-refractivity contribution in [2.75, 3.05) is 25.1 Å². The van der Waals surface area contributed by atoms with Gasteiger partial charge in [0.15, 0.2) is 0 Å². The number of aryl methyl sites for hydroxylation is 1. The standard InChI is InChI=1S/C15H25NO2/c1-11(2)9-18-10-14(17)8-16-15-7-5-6-12(3)13(15)4/h5-7,11,14,16-17H,8-10H2,1-4H3. The predicted octanol–water partition coefficient (Wildman–Crippen LogP) is 2.75. The second-order valence-electron chi connectivity index (χ2n) is 5.21. The lowest BCUT2D eigenvalue weighted by molar-refractivity contribution is 0.0318. The first-order valence-electron chi connectivity index (χ1n) is 6.56. The van der Waals surface area contributed by atoms with E-state index in [-0.39, 0.29) is 0 Å². The van der Waals surface area contributed by atoms with Gasteiger partial charge in [0.05, 0.1) is 12.7 Å². The molecule has 0 aromatic heterocycles. The molecule has 0 aliphatic heterocycles. The first-order valence-corrected chi connectivity index (χ1v) is 6.56. The van der Waals surface area contributed by atoms with Crippen molar-refractivity contribution in [2.24, 2.45) is 5.92 Å². The monoisotopic (exact) mass is 251 g/mol. The number of hydrogen-bond donors (Lipinski definition) is 2. The molecule has 0 fully saturated rings. The highest BCUT2D eigenvalue weighted by Crippen LogP contribution is 2.17. The molecule has 0 amide bonds. The number of ether oxygens (including phenoxy) is 1. The van der Waals surface area contributed by atoms with Crippen LogP contribution in [0.25, 0.3) is 0 Å². The van der Waals surface area contributed by atoms with Crippen molar-refractivity contribution in [1.82, 2.24) is 0 Å². The fourth-order valence-corrected chi connectivity index (χ4v) is 1.67. The van der Waals surface area contributed by atoms with Crippen LogP contribution in [-0.4, -0.2) is 31.0 Å². The van der Waals surface area contributed by atoms with Crippen molar-refractivity contribution >= 4 is 5.69 Å². The molecule has 1 unspecified atom stereocenters. The Morgan fingerprint density at radius 2 is 1.94 bits per heavy atom. The van der Waals surface area contributed by atoms with Gasteiger partial charge in [0.25, 0.3) is 0 Å². The molecule has 102 valence electrons. The second kappa shape index (κ2) is 7.39. The molecule has 0 saturated heterocycles. The van der Waals surface area contributed by atoms with Crippen LogP contribution in [0.5, 0.6) is 0 Å². The SMILES string of the molecule is Cc1cccc(NCC(O)COCC(C)C)c1C. The van der Waals surface area contributed by atoms with Gasteiger partial charge < -0.3 is 15.2 Å². The fourth-order valence-electron chi connectivity index (χ4n) is 1.67. The minimum absolute atomic E-state index is 0.385. The third-order valence-electron chi connectivity index (χ3n) is 2.89. The summed E-state index contributed by atoms with van der Waals surface area (Å²) < 4.78 is 5.41. The molecule has 0 aliphatic rings. The van der Waals surface area contributed by atoms with Gasteiger partial charge in [0, 0.05) is 18.8 Å². The van der Waals surface area contributed by atoms with Crippen molar-refractivity contribution < 1.29 is 9.84 Å². The molecule has 0 bridgehead atoms. The Labute approximate surface area is 110 Å². The molecule has 0 spiro atoms. The van der Waals surface area contributed by atoms with Crippen LogP contribution >= 0.6 is 0 Å². The molecule has 1 rings (SSSR count). The zero-order valence-corrected chi connectivity index (χ0v) is 11.9. The maximum Gasteiger partial charge on any atom is 0.0945 e. The van der Waals surface area contributed by atoms with Crippen LogP contribution in [0.4, 0.5) is 5.69 Å². The predicted molar refractivity (Wildman–Crippen MR) is 76.1 cm³/mol. The summed E-state index contributed by atoms with van der Waals surface area (Å²) in [5.41, 5.74) is 3.57. The van der Waals surface area contributed by atoms with E-state index in [2.05, 4.69) is 39.1 Å². The molecule has 1 aromatic rings. The van der Waals surface area contributed by atoms with Gasteiger partial charge in [-0.3, -0.25) is 0 Å². The first kappa shape index (κ1) is 15.0. The van der Waals surface area contributed by atoms with E-state index >= 15 is 0 Å². The van der Waals surface area contributed by atoms with E-state index in [0.717, 1.165) is 5.69 Å². The van der Waals surface area contributed by atoms with Crippen LogP contribution in [0.2, 0.25) is 0 Å². The number of aliphatic hydroxyl groups excluding tert-OH is 1. The summed E-state index contributed by atoms with van der Waals surface area (Å²) in [6, 6.07) is 6.14. The smallest absolute Gasteiger partial charge is 0.0945 e. The summed E-state index contributed by atoms with van der Waals surface area (Å²) in [6.45, 7) is 9.96. The molecular weight excluding hydrogens is 226 g/mol. The van der Waals surface area contributed by atoms with Gasteiger partial charge in [-0.15, -0.1) is 0 Å². The molecule has 1 aromatic carbocycles. The Morgan fingerprint density at radius 1 is 1.22 bits per heavy atom. The Hall–Kier alpha value is -1.06. The van der Waals surface area contributed by atoms with Gasteiger partial charge in [-0.1, -0.05) is 26.0 Å². The summed E-state index contributed by atoms with van der Waals surface area (Å²) >= 11 is 0. The van der Waals surface area contributed by atoms with E-state index in [0.29, 0.717) is 25.7 Å². The van der Waals surface area contributed by atoms with Gasteiger partial charge in [0.2, 0.25) is 0 Å².